The normalized spacial score (nSPS) is 14.8. The monoisotopic (exact) mass is 259 g/mol. The number of nitrogens with one attached hydrogen (secondary N) is 2. The minimum atomic E-state index is -0.245. The second-order valence-electron chi connectivity index (χ2n) is 4.94. The van der Waals surface area contributed by atoms with Crippen molar-refractivity contribution >= 4 is 17.0 Å². The number of aromatic nitrogens is 2. The van der Waals surface area contributed by atoms with Gasteiger partial charge in [-0.2, -0.15) is 0 Å². The summed E-state index contributed by atoms with van der Waals surface area (Å²) < 4.78 is 5.15. The van der Waals surface area contributed by atoms with Crippen molar-refractivity contribution in [2.45, 2.75) is 25.4 Å². The lowest BCUT2D eigenvalue weighted by Crippen LogP contribution is -2.20. The average Bonchev–Trinajstić information content (AvgIpc) is 3.16. The lowest BCUT2D eigenvalue weighted by atomic mass is 10.2. The number of rotatable bonds is 5. The molecule has 1 heterocycles. The standard InChI is InChI=1S/C14H17N3O2/c1-15-7-13(18)19-8-9-2-5-11-12(6-9)17-14(16-11)10-3-4-10/h2,5-6,10,15H,3-4,7-8H2,1H3,(H,16,17). The fourth-order valence-corrected chi connectivity index (χ4v) is 2.08. The largest absolute Gasteiger partial charge is 0.460 e. The van der Waals surface area contributed by atoms with Crippen molar-refractivity contribution in [1.82, 2.24) is 15.3 Å². The van der Waals surface area contributed by atoms with Crippen LogP contribution in [0.5, 0.6) is 0 Å². The Kier molecular flexibility index (Phi) is 3.21. The number of carbonyl (C=O) groups excluding carboxylic acids is 1. The van der Waals surface area contributed by atoms with E-state index in [1.807, 2.05) is 18.2 Å². The molecule has 0 atom stereocenters. The molecule has 0 bridgehead atoms. The lowest BCUT2D eigenvalue weighted by Gasteiger charge is -2.04. The molecule has 1 aliphatic rings. The van der Waals surface area contributed by atoms with E-state index in [2.05, 4.69) is 15.3 Å². The third-order valence-electron chi connectivity index (χ3n) is 3.25. The Labute approximate surface area is 111 Å². The molecule has 19 heavy (non-hydrogen) atoms. The van der Waals surface area contributed by atoms with E-state index in [4.69, 9.17) is 4.74 Å². The molecule has 3 rings (SSSR count). The van der Waals surface area contributed by atoms with Crippen molar-refractivity contribution in [2.75, 3.05) is 13.6 Å². The van der Waals surface area contributed by atoms with Crippen LogP contribution in [0.4, 0.5) is 0 Å². The van der Waals surface area contributed by atoms with Crippen molar-refractivity contribution in [3.05, 3.63) is 29.6 Å². The Balaban J connectivity index is 1.71. The number of likely N-dealkylation sites (N-methyl/N-ethyl adjacent to an activating group) is 1. The Morgan fingerprint density at radius 1 is 1.53 bits per heavy atom. The van der Waals surface area contributed by atoms with E-state index < -0.39 is 0 Å². The Morgan fingerprint density at radius 2 is 2.37 bits per heavy atom. The number of fused-ring (bicyclic) bond motifs is 1. The molecule has 0 radical (unpaired) electrons. The van der Waals surface area contributed by atoms with Gasteiger partial charge >= 0.3 is 5.97 Å². The fraction of sp³-hybridized carbons (Fsp3) is 0.429. The fourth-order valence-electron chi connectivity index (χ4n) is 2.08. The van der Waals surface area contributed by atoms with E-state index in [0.717, 1.165) is 22.4 Å². The number of carbonyl (C=O) groups is 1. The number of benzene rings is 1. The van der Waals surface area contributed by atoms with Crippen LogP contribution < -0.4 is 5.32 Å². The molecule has 1 aromatic carbocycles. The second kappa shape index (κ2) is 5.01. The second-order valence-corrected chi connectivity index (χ2v) is 4.94. The van der Waals surface area contributed by atoms with E-state index in [1.54, 1.807) is 7.05 Å². The van der Waals surface area contributed by atoms with Crippen LogP contribution in [-0.2, 0) is 16.1 Å². The van der Waals surface area contributed by atoms with Gasteiger partial charge in [0, 0.05) is 5.92 Å². The molecule has 1 aromatic heterocycles. The van der Waals surface area contributed by atoms with Crippen molar-refractivity contribution < 1.29 is 9.53 Å². The van der Waals surface area contributed by atoms with Crippen LogP contribution in [0.15, 0.2) is 18.2 Å². The van der Waals surface area contributed by atoms with Gasteiger partial charge in [-0.25, -0.2) is 4.98 Å². The van der Waals surface area contributed by atoms with Crippen LogP contribution in [0.25, 0.3) is 11.0 Å². The van der Waals surface area contributed by atoms with E-state index >= 15 is 0 Å². The van der Waals surface area contributed by atoms with E-state index in [0.29, 0.717) is 12.5 Å². The third-order valence-corrected chi connectivity index (χ3v) is 3.25. The van der Waals surface area contributed by atoms with Crippen molar-refractivity contribution in [1.29, 1.82) is 0 Å². The first kappa shape index (κ1) is 12.2. The Hall–Kier alpha value is -1.88. The predicted octanol–water partition coefficient (Wildman–Crippen LogP) is 1.70. The van der Waals surface area contributed by atoms with Crippen molar-refractivity contribution in [3.63, 3.8) is 0 Å². The summed E-state index contributed by atoms with van der Waals surface area (Å²) in [5, 5.41) is 2.77. The van der Waals surface area contributed by atoms with Crippen LogP contribution >= 0.6 is 0 Å². The highest BCUT2D eigenvalue weighted by Crippen LogP contribution is 2.39. The zero-order valence-corrected chi connectivity index (χ0v) is 10.9. The molecule has 100 valence electrons. The maximum Gasteiger partial charge on any atom is 0.320 e. The highest BCUT2D eigenvalue weighted by atomic mass is 16.5. The molecule has 5 heteroatoms. The van der Waals surface area contributed by atoms with Crippen LogP contribution in [0, 0.1) is 0 Å². The van der Waals surface area contributed by atoms with Crippen LogP contribution in [0.3, 0.4) is 0 Å². The topological polar surface area (TPSA) is 67.0 Å². The maximum atomic E-state index is 11.3. The molecule has 0 amide bonds. The van der Waals surface area contributed by atoms with Crippen molar-refractivity contribution in [3.8, 4) is 0 Å². The van der Waals surface area contributed by atoms with Gasteiger partial charge < -0.3 is 15.0 Å². The van der Waals surface area contributed by atoms with Gasteiger partial charge in [-0.15, -0.1) is 0 Å². The molecule has 1 saturated carbocycles. The average molecular weight is 259 g/mol. The first-order valence-corrected chi connectivity index (χ1v) is 6.55. The van der Waals surface area contributed by atoms with E-state index in [-0.39, 0.29) is 12.5 Å². The summed E-state index contributed by atoms with van der Waals surface area (Å²) in [7, 11) is 1.72. The molecule has 2 aromatic rings. The van der Waals surface area contributed by atoms with Gasteiger partial charge in [0.05, 0.1) is 17.6 Å². The smallest absolute Gasteiger partial charge is 0.320 e. The van der Waals surface area contributed by atoms with Crippen molar-refractivity contribution in [2.24, 2.45) is 0 Å². The quantitative estimate of drug-likeness (QED) is 0.802. The number of imidazole rings is 1. The van der Waals surface area contributed by atoms with Crippen LogP contribution in [0.1, 0.15) is 30.1 Å². The lowest BCUT2D eigenvalue weighted by molar-refractivity contribution is -0.143. The highest BCUT2D eigenvalue weighted by Gasteiger charge is 2.26. The molecule has 0 saturated heterocycles. The summed E-state index contributed by atoms with van der Waals surface area (Å²) in [6.45, 7) is 0.534. The molecule has 5 nitrogen and oxygen atoms in total. The number of hydrogen-bond acceptors (Lipinski definition) is 4. The SMILES string of the molecule is CNCC(=O)OCc1ccc2nc(C3CC3)[nH]c2c1. The Morgan fingerprint density at radius 3 is 3.11 bits per heavy atom. The first-order chi connectivity index (χ1) is 9.26. The maximum absolute atomic E-state index is 11.3. The summed E-state index contributed by atoms with van der Waals surface area (Å²) in [6.07, 6.45) is 2.46. The van der Waals surface area contributed by atoms with E-state index in [9.17, 15) is 4.79 Å². The molecular weight excluding hydrogens is 242 g/mol. The van der Waals surface area contributed by atoms with Gasteiger partial charge in [0.2, 0.25) is 0 Å². The minimum Gasteiger partial charge on any atom is -0.460 e. The zero-order valence-electron chi connectivity index (χ0n) is 10.9. The molecular formula is C14H17N3O2. The number of ether oxygens (including phenoxy) is 1. The zero-order chi connectivity index (χ0) is 13.2. The number of esters is 1. The molecule has 0 spiro atoms. The highest BCUT2D eigenvalue weighted by molar-refractivity contribution is 5.76. The molecule has 0 aliphatic heterocycles. The molecule has 1 fully saturated rings. The number of H-pyrrole nitrogens is 1. The number of nitrogens with zero attached hydrogens (tertiary/aromatic N) is 1. The summed E-state index contributed by atoms with van der Waals surface area (Å²) in [5.41, 5.74) is 2.97. The first-order valence-electron chi connectivity index (χ1n) is 6.55. The van der Waals surface area contributed by atoms with Gasteiger partial charge in [-0.05, 0) is 37.6 Å². The number of hydrogen-bond donors (Lipinski definition) is 2. The molecule has 1 aliphatic carbocycles. The van der Waals surface area contributed by atoms with Gasteiger partial charge in [-0.1, -0.05) is 6.07 Å². The summed E-state index contributed by atoms with van der Waals surface area (Å²) in [4.78, 5) is 19.2. The van der Waals surface area contributed by atoms with Crippen LogP contribution in [0.2, 0.25) is 0 Å². The third kappa shape index (κ3) is 2.76. The summed E-state index contributed by atoms with van der Waals surface area (Å²) >= 11 is 0. The van der Waals surface area contributed by atoms with E-state index in [1.165, 1.54) is 12.8 Å². The molecule has 2 N–H and O–H groups in total. The number of aromatic amines is 1. The van der Waals surface area contributed by atoms with Gasteiger partial charge in [0.15, 0.2) is 0 Å². The van der Waals surface area contributed by atoms with Crippen LogP contribution in [-0.4, -0.2) is 29.5 Å². The summed E-state index contributed by atoms with van der Waals surface area (Å²) in [5.74, 6) is 1.45. The van der Waals surface area contributed by atoms with Gasteiger partial charge in [-0.3, -0.25) is 4.79 Å². The molecule has 0 unspecified atom stereocenters. The van der Waals surface area contributed by atoms with Gasteiger partial charge in [0.1, 0.15) is 12.4 Å². The summed E-state index contributed by atoms with van der Waals surface area (Å²) in [6, 6.07) is 5.92. The predicted molar refractivity (Wildman–Crippen MR) is 71.8 cm³/mol. The van der Waals surface area contributed by atoms with Gasteiger partial charge in [0.25, 0.3) is 0 Å². The minimum absolute atomic E-state index is 0.234. The Bertz CT molecular complexity index is 602.